The Hall–Kier alpha value is -2.60. The predicted octanol–water partition coefficient (Wildman–Crippen LogP) is 1.62. The molecule has 1 atom stereocenters. The second kappa shape index (κ2) is 6.26. The van der Waals surface area contributed by atoms with Crippen LogP contribution in [0.15, 0.2) is 42.5 Å². The van der Waals surface area contributed by atoms with Gasteiger partial charge in [0.1, 0.15) is 5.69 Å². The first-order chi connectivity index (χ1) is 11.1. The van der Waals surface area contributed by atoms with Crippen molar-refractivity contribution < 1.29 is 19.4 Å². The number of carbonyl (C=O) groups excluding carboxylic acids is 1. The Kier molecular flexibility index (Phi) is 4.16. The minimum absolute atomic E-state index is 0.0248. The monoisotopic (exact) mass is 314 g/mol. The Labute approximate surface area is 133 Å². The number of carboxylic acid groups (broad SMARTS) is 1. The van der Waals surface area contributed by atoms with E-state index in [0.29, 0.717) is 12.3 Å². The van der Waals surface area contributed by atoms with Crippen LogP contribution in [0.4, 0.5) is 0 Å². The second-order valence-corrected chi connectivity index (χ2v) is 5.46. The molecule has 0 bridgehead atoms. The smallest absolute Gasteiger partial charge is 0.328 e. The fourth-order valence-electron chi connectivity index (χ4n) is 2.82. The number of nitrogens with zero attached hydrogens (tertiary/aromatic N) is 2. The van der Waals surface area contributed by atoms with Crippen molar-refractivity contribution in [2.45, 2.75) is 6.04 Å². The van der Waals surface area contributed by atoms with Gasteiger partial charge in [-0.05, 0) is 17.7 Å². The van der Waals surface area contributed by atoms with Crippen molar-refractivity contribution in [3.63, 3.8) is 0 Å². The van der Waals surface area contributed by atoms with Crippen molar-refractivity contribution >= 4 is 11.9 Å². The summed E-state index contributed by atoms with van der Waals surface area (Å²) >= 11 is 0. The first kappa shape index (κ1) is 15.3. The van der Waals surface area contributed by atoms with Gasteiger partial charge in [-0.3, -0.25) is 4.79 Å². The Morgan fingerprint density at radius 3 is 2.61 bits per heavy atom. The van der Waals surface area contributed by atoms with Gasteiger partial charge in [-0.15, -0.1) is 0 Å². The summed E-state index contributed by atoms with van der Waals surface area (Å²) in [6.07, 6.45) is 0. The summed E-state index contributed by atoms with van der Waals surface area (Å²) in [4.78, 5) is 25.5. The van der Waals surface area contributed by atoms with Crippen LogP contribution in [0.5, 0.6) is 0 Å². The van der Waals surface area contributed by atoms with E-state index in [1.165, 1.54) is 4.90 Å². The van der Waals surface area contributed by atoms with Crippen molar-refractivity contribution in [3.8, 4) is 11.3 Å². The van der Waals surface area contributed by atoms with E-state index in [4.69, 9.17) is 4.74 Å². The van der Waals surface area contributed by atoms with Gasteiger partial charge in [-0.1, -0.05) is 30.3 Å². The highest BCUT2D eigenvalue weighted by atomic mass is 16.5. The zero-order chi connectivity index (χ0) is 16.4. The highest BCUT2D eigenvalue weighted by Gasteiger charge is 2.34. The normalized spacial score (nSPS) is 18.0. The van der Waals surface area contributed by atoms with E-state index in [1.54, 1.807) is 10.6 Å². The highest BCUT2D eigenvalue weighted by Crippen LogP contribution is 2.23. The van der Waals surface area contributed by atoms with Crippen LogP contribution in [-0.2, 0) is 16.6 Å². The first-order valence-electron chi connectivity index (χ1n) is 7.42. The quantitative estimate of drug-likeness (QED) is 0.934. The Morgan fingerprint density at radius 2 is 1.91 bits per heavy atom. The molecule has 0 aliphatic carbocycles. The maximum absolute atomic E-state index is 12.8. The molecule has 1 aromatic carbocycles. The maximum Gasteiger partial charge on any atom is 0.328 e. The third-order valence-corrected chi connectivity index (χ3v) is 4.08. The molecule has 120 valence electrons. The van der Waals surface area contributed by atoms with E-state index in [1.807, 2.05) is 43.4 Å². The van der Waals surface area contributed by atoms with E-state index in [0.717, 1.165) is 11.3 Å². The summed E-state index contributed by atoms with van der Waals surface area (Å²) in [5.41, 5.74) is 2.39. The molecule has 23 heavy (non-hydrogen) atoms. The van der Waals surface area contributed by atoms with Crippen LogP contribution in [0, 0.1) is 0 Å². The Balaban J connectivity index is 1.91. The summed E-state index contributed by atoms with van der Waals surface area (Å²) in [6.45, 7) is 0.657. The van der Waals surface area contributed by atoms with Crippen LogP contribution in [-0.4, -0.2) is 52.3 Å². The zero-order valence-corrected chi connectivity index (χ0v) is 12.8. The molecule has 6 heteroatoms. The lowest BCUT2D eigenvalue weighted by molar-refractivity contribution is -0.147. The number of aliphatic carboxylic acids is 1. The van der Waals surface area contributed by atoms with Crippen LogP contribution in [0.1, 0.15) is 10.5 Å². The van der Waals surface area contributed by atoms with Crippen molar-refractivity contribution in [1.29, 1.82) is 0 Å². The molecule has 6 nitrogen and oxygen atoms in total. The van der Waals surface area contributed by atoms with Crippen LogP contribution < -0.4 is 0 Å². The molecule has 1 amide bonds. The van der Waals surface area contributed by atoms with Crippen LogP contribution in [0.2, 0.25) is 0 Å². The van der Waals surface area contributed by atoms with Crippen LogP contribution in [0.25, 0.3) is 11.3 Å². The molecule has 0 radical (unpaired) electrons. The predicted molar refractivity (Wildman–Crippen MR) is 84.1 cm³/mol. The van der Waals surface area contributed by atoms with Crippen LogP contribution in [0.3, 0.4) is 0 Å². The third-order valence-electron chi connectivity index (χ3n) is 4.08. The lowest BCUT2D eigenvalue weighted by atomic mass is 10.2. The number of ether oxygens (including phenoxy) is 1. The second-order valence-electron chi connectivity index (χ2n) is 5.46. The average molecular weight is 314 g/mol. The summed E-state index contributed by atoms with van der Waals surface area (Å²) in [5, 5.41) is 9.28. The molecule has 0 spiro atoms. The van der Waals surface area contributed by atoms with Crippen molar-refractivity contribution in [1.82, 2.24) is 9.47 Å². The van der Waals surface area contributed by atoms with Gasteiger partial charge < -0.3 is 19.3 Å². The topological polar surface area (TPSA) is 71.8 Å². The van der Waals surface area contributed by atoms with Crippen molar-refractivity contribution in [2.24, 2.45) is 7.05 Å². The SMILES string of the molecule is Cn1c(C(=O)N2CCOCC2C(=O)O)ccc1-c1ccccc1. The molecule has 0 saturated carbocycles. The molecule has 1 saturated heterocycles. The number of morpholine rings is 1. The number of benzene rings is 1. The van der Waals surface area contributed by atoms with E-state index in [9.17, 15) is 14.7 Å². The molecule has 2 heterocycles. The molecule has 1 aromatic heterocycles. The first-order valence-corrected chi connectivity index (χ1v) is 7.42. The molecule has 3 rings (SSSR count). The largest absolute Gasteiger partial charge is 0.480 e. The number of hydrogen-bond donors (Lipinski definition) is 1. The van der Waals surface area contributed by atoms with Gasteiger partial charge in [0.2, 0.25) is 0 Å². The lowest BCUT2D eigenvalue weighted by Crippen LogP contribution is -2.52. The van der Waals surface area contributed by atoms with E-state index in [-0.39, 0.29) is 19.1 Å². The molecule has 1 fully saturated rings. The summed E-state index contributed by atoms with van der Waals surface area (Å²) in [5.74, 6) is -1.33. The molecule has 1 aliphatic rings. The van der Waals surface area contributed by atoms with Crippen LogP contribution >= 0.6 is 0 Å². The number of hydrogen-bond acceptors (Lipinski definition) is 3. The van der Waals surface area contributed by atoms with Gasteiger partial charge in [0.05, 0.1) is 13.2 Å². The van der Waals surface area contributed by atoms with Gasteiger partial charge in [0, 0.05) is 19.3 Å². The highest BCUT2D eigenvalue weighted by molar-refractivity contribution is 5.96. The minimum atomic E-state index is -1.05. The van der Waals surface area contributed by atoms with Gasteiger partial charge in [0.15, 0.2) is 6.04 Å². The number of carbonyl (C=O) groups is 2. The van der Waals surface area contributed by atoms with Gasteiger partial charge in [-0.2, -0.15) is 0 Å². The standard InChI is InChI=1S/C17H18N2O4/c1-18-13(12-5-3-2-4-6-12)7-8-14(18)16(20)19-9-10-23-11-15(19)17(21)22/h2-8,15H,9-11H2,1H3,(H,21,22). The maximum atomic E-state index is 12.8. The van der Waals surface area contributed by atoms with Gasteiger partial charge in [-0.25, -0.2) is 4.79 Å². The van der Waals surface area contributed by atoms with Crippen molar-refractivity contribution in [2.75, 3.05) is 19.8 Å². The number of aromatic nitrogens is 1. The van der Waals surface area contributed by atoms with E-state index in [2.05, 4.69) is 0 Å². The number of amides is 1. The van der Waals surface area contributed by atoms with Gasteiger partial charge in [0.25, 0.3) is 5.91 Å². The fraction of sp³-hybridized carbons (Fsp3) is 0.294. The Morgan fingerprint density at radius 1 is 1.17 bits per heavy atom. The minimum Gasteiger partial charge on any atom is -0.480 e. The molecular formula is C17H18N2O4. The third kappa shape index (κ3) is 2.85. The molecule has 1 unspecified atom stereocenters. The molecule has 1 aliphatic heterocycles. The molecule has 2 aromatic rings. The Bertz CT molecular complexity index is 723. The fourth-order valence-corrected chi connectivity index (χ4v) is 2.82. The van der Waals surface area contributed by atoms with Gasteiger partial charge >= 0.3 is 5.97 Å². The average Bonchev–Trinajstić information content (AvgIpc) is 2.96. The number of rotatable bonds is 3. The lowest BCUT2D eigenvalue weighted by Gasteiger charge is -2.32. The molecular weight excluding hydrogens is 296 g/mol. The van der Waals surface area contributed by atoms with Crippen molar-refractivity contribution in [3.05, 3.63) is 48.2 Å². The summed E-state index contributed by atoms with van der Waals surface area (Å²) in [6, 6.07) is 12.4. The summed E-state index contributed by atoms with van der Waals surface area (Å²) < 4.78 is 6.98. The van der Waals surface area contributed by atoms with E-state index < -0.39 is 12.0 Å². The molecule has 1 N–H and O–H groups in total. The zero-order valence-electron chi connectivity index (χ0n) is 12.8. The number of carboxylic acids is 1. The van der Waals surface area contributed by atoms with E-state index >= 15 is 0 Å². The summed E-state index contributed by atoms with van der Waals surface area (Å²) in [7, 11) is 1.81.